The smallest absolute Gasteiger partial charge is 0.332 e. The molecule has 1 heterocycles. The van der Waals surface area contributed by atoms with Crippen LogP contribution in [0, 0.1) is 0 Å². The zero-order valence-electron chi connectivity index (χ0n) is 15.8. The Kier molecular flexibility index (Phi) is 6.95. The van der Waals surface area contributed by atoms with Gasteiger partial charge in [-0.25, -0.2) is 4.79 Å². The number of amides is 1. The van der Waals surface area contributed by atoms with Crippen molar-refractivity contribution in [1.29, 1.82) is 0 Å². The van der Waals surface area contributed by atoms with Gasteiger partial charge in [0.25, 0.3) is 5.91 Å². The average molecular weight is 401 g/mol. The van der Waals surface area contributed by atoms with E-state index in [0.29, 0.717) is 22.7 Å². The summed E-state index contributed by atoms with van der Waals surface area (Å²) in [4.78, 5) is 38.0. The van der Waals surface area contributed by atoms with Crippen LogP contribution in [-0.2, 0) is 31.9 Å². The molecule has 0 saturated carbocycles. The van der Waals surface area contributed by atoms with Gasteiger partial charge < -0.3 is 14.8 Å². The predicted molar refractivity (Wildman–Crippen MR) is 107 cm³/mol. The number of thiophene rings is 1. The van der Waals surface area contributed by atoms with Crippen molar-refractivity contribution < 1.29 is 23.9 Å². The highest BCUT2D eigenvalue weighted by atomic mass is 32.1. The molecular formula is C21H23NO5S. The van der Waals surface area contributed by atoms with Crippen LogP contribution in [0.1, 0.15) is 46.1 Å². The number of benzene rings is 1. The van der Waals surface area contributed by atoms with Crippen molar-refractivity contribution in [2.75, 3.05) is 25.1 Å². The Morgan fingerprint density at radius 1 is 1.07 bits per heavy atom. The first-order valence-electron chi connectivity index (χ1n) is 9.37. The first kappa shape index (κ1) is 20.2. The minimum Gasteiger partial charge on any atom is -0.454 e. The second-order valence-corrected chi connectivity index (χ2v) is 7.56. The third kappa shape index (κ3) is 4.85. The molecule has 2 aromatic rings. The van der Waals surface area contributed by atoms with E-state index in [1.807, 2.05) is 18.2 Å². The molecule has 1 aromatic heterocycles. The number of esters is 1. The Labute approximate surface area is 167 Å². The van der Waals surface area contributed by atoms with Crippen LogP contribution in [0.5, 0.6) is 0 Å². The number of aryl methyl sites for hydroxylation is 1. The minimum absolute atomic E-state index is 0.0939. The number of rotatable bonds is 8. The van der Waals surface area contributed by atoms with E-state index in [-0.39, 0.29) is 12.4 Å². The Bertz CT molecular complexity index is 859. The lowest BCUT2D eigenvalue weighted by molar-refractivity contribution is -0.151. The summed E-state index contributed by atoms with van der Waals surface area (Å²) in [5.41, 5.74) is 2.20. The van der Waals surface area contributed by atoms with E-state index in [2.05, 4.69) is 5.32 Å². The highest BCUT2D eigenvalue weighted by molar-refractivity contribution is 7.17. The van der Waals surface area contributed by atoms with Crippen LogP contribution < -0.4 is 5.32 Å². The topological polar surface area (TPSA) is 81.7 Å². The summed E-state index contributed by atoms with van der Waals surface area (Å²) in [5, 5.41) is 3.30. The number of ketones is 1. The summed E-state index contributed by atoms with van der Waals surface area (Å²) in [6.07, 6.45) is 3.85. The molecule has 1 aliphatic rings. The van der Waals surface area contributed by atoms with Crippen molar-refractivity contribution in [3.8, 4) is 0 Å². The fourth-order valence-electron chi connectivity index (χ4n) is 3.16. The van der Waals surface area contributed by atoms with Gasteiger partial charge in [-0.15, -0.1) is 11.3 Å². The summed E-state index contributed by atoms with van der Waals surface area (Å²) in [6.45, 7) is 1.57. The molecular weight excluding hydrogens is 378 g/mol. The lowest BCUT2D eigenvalue weighted by atomic mass is 9.92. The lowest BCUT2D eigenvalue weighted by Crippen LogP contribution is -2.23. The molecule has 0 fully saturated rings. The minimum atomic E-state index is -0.594. The number of carbonyl (C=O) groups excluding carboxylic acids is 3. The number of ether oxygens (including phenoxy) is 2. The number of nitrogens with one attached hydrogen (secondary N) is 1. The standard InChI is InChI=1S/C21H23NO5S/c1-2-26-13-18(24)27-12-17(23)22-21-19(15-10-6-7-11-16(15)28-21)20(25)14-8-4-3-5-9-14/h3-5,8-9H,2,6-7,10-13H2,1H3,(H,22,23). The maximum Gasteiger partial charge on any atom is 0.332 e. The van der Waals surface area contributed by atoms with Crippen molar-refractivity contribution in [2.24, 2.45) is 0 Å². The second-order valence-electron chi connectivity index (χ2n) is 6.46. The van der Waals surface area contributed by atoms with Crippen molar-refractivity contribution in [1.82, 2.24) is 0 Å². The zero-order valence-corrected chi connectivity index (χ0v) is 16.6. The normalized spacial score (nSPS) is 12.9. The van der Waals surface area contributed by atoms with Gasteiger partial charge in [-0.2, -0.15) is 0 Å². The number of carbonyl (C=O) groups is 3. The van der Waals surface area contributed by atoms with Crippen LogP contribution in [0.2, 0.25) is 0 Å². The van der Waals surface area contributed by atoms with Crippen molar-refractivity contribution in [3.63, 3.8) is 0 Å². The van der Waals surface area contributed by atoms with Crippen LogP contribution in [0.15, 0.2) is 30.3 Å². The SMILES string of the molecule is CCOCC(=O)OCC(=O)Nc1sc2c(c1C(=O)c1ccccc1)CCCC2. The van der Waals surface area contributed by atoms with Gasteiger partial charge in [0.15, 0.2) is 12.4 Å². The number of fused-ring (bicyclic) bond motifs is 1. The maximum atomic E-state index is 13.1. The van der Waals surface area contributed by atoms with Crippen molar-refractivity contribution in [2.45, 2.75) is 32.6 Å². The first-order chi connectivity index (χ1) is 13.6. The van der Waals surface area contributed by atoms with Gasteiger partial charge >= 0.3 is 5.97 Å². The Hall–Kier alpha value is -2.51. The number of hydrogen-bond acceptors (Lipinski definition) is 6. The second kappa shape index (κ2) is 9.61. The maximum absolute atomic E-state index is 13.1. The monoisotopic (exact) mass is 401 g/mol. The molecule has 6 nitrogen and oxygen atoms in total. The average Bonchev–Trinajstić information content (AvgIpc) is 3.08. The molecule has 7 heteroatoms. The summed E-state index contributed by atoms with van der Waals surface area (Å²) in [5.74, 6) is -1.16. The highest BCUT2D eigenvalue weighted by Gasteiger charge is 2.27. The van der Waals surface area contributed by atoms with Crippen LogP contribution in [0.4, 0.5) is 5.00 Å². The van der Waals surface area contributed by atoms with Gasteiger partial charge in [0.05, 0.1) is 5.56 Å². The fraction of sp³-hybridized carbons (Fsp3) is 0.381. The van der Waals surface area contributed by atoms with E-state index in [0.717, 1.165) is 36.1 Å². The molecule has 1 amide bonds. The van der Waals surface area contributed by atoms with Gasteiger partial charge in [0.1, 0.15) is 11.6 Å². The van der Waals surface area contributed by atoms with E-state index >= 15 is 0 Å². The number of anilines is 1. The predicted octanol–water partition coefficient (Wildman–Crippen LogP) is 3.38. The molecule has 1 N–H and O–H groups in total. The molecule has 0 spiro atoms. The summed E-state index contributed by atoms with van der Waals surface area (Å²) >= 11 is 1.44. The molecule has 1 aromatic carbocycles. The summed E-state index contributed by atoms with van der Waals surface area (Å²) in [7, 11) is 0. The van der Waals surface area contributed by atoms with Gasteiger partial charge in [0.2, 0.25) is 0 Å². The summed E-state index contributed by atoms with van der Waals surface area (Å²) < 4.78 is 9.86. The molecule has 0 saturated heterocycles. The zero-order chi connectivity index (χ0) is 19.9. The van der Waals surface area contributed by atoms with Gasteiger partial charge in [-0.05, 0) is 38.2 Å². The third-order valence-corrected chi connectivity index (χ3v) is 5.68. The molecule has 0 unspecified atom stereocenters. The van der Waals surface area contributed by atoms with E-state index in [4.69, 9.17) is 9.47 Å². The molecule has 0 bridgehead atoms. The van der Waals surface area contributed by atoms with Crippen LogP contribution in [0.25, 0.3) is 0 Å². The van der Waals surface area contributed by atoms with Crippen LogP contribution >= 0.6 is 11.3 Å². The molecule has 0 radical (unpaired) electrons. The first-order valence-corrected chi connectivity index (χ1v) is 10.2. The van der Waals surface area contributed by atoms with Gasteiger partial charge in [0, 0.05) is 17.0 Å². The van der Waals surface area contributed by atoms with Gasteiger partial charge in [-0.1, -0.05) is 30.3 Å². The fourth-order valence-corrected chi connectivity index (χ4v) is 4.47. The van der Waals surface area contributed by atoms with Crippen molar-refractivity contribution in [3.05, 3.63) is 51.9 Å². The van der Waals surface area contributed by atoms with E-state index in [1.54, 1.807) is 19.1 Å². The van der Waals surface area contributed by atoms with Gasteiger partial charge in [-0.3, -0.25) is 9.59 Å². The van der Waals surface area contributed by atoms with E-state index in [1.165, 1.54) is 11.3 Å². The largest absolute Gasteiger partial charge is 0.454 e. The molecule has 148 valence electrons. The quantitative estimate of drug-likeness (QED) is 0.542. The van der Waals surface area contributed by atoms with E-state index < -0.39 is 18.5 Å². The van der Waals surface area contributed by atoms with Crippen LogP contribution in [-0.4, -0.2) is 37.5 Å². The molecule has 1 aliphatic carbocycles. The molecule has 0 atom stereocenters. The molecule has 3 rings (SSSR count). The van der Waals surface area contributed by atoms with Crippen molar-refractivity contribution >= 4 is 34.0 Å². The molecule has 28 heavy (non-hydrogen) atoms. The Balaban J connectivity index is 1.77. The number of hydrogen-bond donors (Lipinski definition) is 1. The Morgan fingerprint density at radius 3 is 2.57 bits per heavy atom. The highest BCUT2D eigenvalue weighted by Crippen LogP contribution is 2.39. The third-order valence-electron chi connectivity index (χ3n) is 4.48. The lowest BCUT2D eigenvalue weighted by Gasteiger charge is -2.12. The summed E-state index contributed by atoms with van der Waals surface area (Å²) in [6, 6.07) is 9.05. The Morgan fingerprint density at radius 2 is 1.82 bits per heavy atom. The van der Waals surface area contributed by atoms with Crippen LogP contribution in [0.3, 0.4) is 0 Å². The van der Waals surface area contributed by atoms with E-state index in [9.17, 15) is 14.4 Å². The molecule has 0 aliphatic heterocycles.